The quantitative estimate of drug-likeness (QED) is 0.472. The number of aromatic nitrogens is 2. The monoisotopic (exact) mass is 461 g/mol. The second-order valence-electron chi connectivity index (χ2n) is 8.79. The van der Waals surface area contributed by atoms with Crippen LogP contribution in [0.3, 0.4) is 0 Å². The summed E-state index contributed by atoms with van der Waals surface area (Å²) >= 11 is 0. The van der Waals surface area contributed by atoms with E-state index in [4.69, 9.17) is 4.74 Å². The summed E-state index contributed by atoms with van der Waals surface area (Å²) in [6, 6.07) is 7.74. The molecule has 0 spiro atoms. The van der Waals surface area contributed by atoms with Gasteiger partial charge in [0, 0.05) is 5.69 Å². The molecule has 0 fully saturated rings. The van der Waals surface area contributed by atoms with Crippen LogP contribution >= 0.6 is 0 Å². The predicted molar refractivity (Wildman–Crippen MR) is 120 cm³/mol. The number of hydrogen-bond donors (Lipinski definition) is 2. The van der Waals surface area contributed by atoms with E-state index in [0.717, 1.165) is 6.07 Å². The molecule has 2 aromatic carbocycles. The number of benzene rings is 2. The molecule has 0 saturated heterocycles. The Morgan fingerprint density at radius 1 is 1.15 bits per heavy atom. The topological polar surface area (TPSA) is 84.1 Å². The van der Waals surface area contributed by atoms with Crippen molar-refractivity contribution in [2.75, 3.05) is 5.32 Å². The van der Waals surface area contributed by atoms with Gasteiger partial charge in [0.25, 0.3) is 5.56 Å². The van der Waals surface area contributed by atoms with Gasteiger partial charge in [-0.15, -0.1) is 0 Å². The number of hydrogen-bond acceptors (Lipinski definition) is 5. The van der Waals surface area contributed by atoms with Crippen LogP contribution in [0.15, 0.2) is 41.2 Å². The van der Waals surface area contributed by atoms with Crippen molar-refractivity contribution in [3.8, 4) is 0 Å². The Kier molecular flexibility index (Phi) is 6.53. The highest BCUT2D eigenvalue weighted by atomic mass is 19.4. The first-order valence-corrected chi connectivity index (χ1v) is 10.5. The lowest BCUT2D eigenvalue weighted by molar-refractivity contribution is -0.138. The van der Waals surface area contributed by atoms with Gasteiger partial charge in [-0.25, -0.2) is 9.78 Å². The van der Waals surface area contributed by atoms with Gasteiger partial charge >= 0.3 is 12.1 Å². The smallest absolute Gasteiger partial charge is 0.416 e. The number of rotatable bonds is 5. The first-order chi connectivity index (χ1) is 15.3. The molecule has 0 aliphatic heterocycles. The molecule has 3 rings (SSSR count). The Bertz CT molecular complexity index is 1230. The third kappa shape index (κ3) is 5.71. The molecule has 1 unspecified atom stereocenters. The number of aromatic amines is 1. The van der Waals surface area contributed by atoms with Gasteiger partial charge in [-0.1, -0.05) is 6.92 Å². The fraction of sp³-hybridized carbons (Fsp3) is 0.375. The zero-order chi connectivity index (χ0) is 24.6. The molecule has 0 aliphatic rings. The van der Waals surface area contributed by atoms with E-state index in [1.54, 1.807) is 52.0 Å². The Labute approximate surface area is 189 Å². The van der Waals surface area contributed by atoms with E-state index in [-0.39, 0.29) is 22.3 Å². The van der Waals surface area contributed by atoms with Gasteiger partial charge in [0.15, 0.2) is 0 Å². The molecular formula is C24H26F3N3O3. The Morgan fingerprint density at radius 3 is 2.33 bits per heavy atom. The van der Waals surface area contributed by atoms with Gasteiger partial charge < -0.3 is 15.0 Å². The van der Waals surface area contributed by atoms with Crippen molar-refractivity contribution in [3.05, 3.63) is 69.3 Å². The van der Waals surface area contributed by atoms with Crippen LogP contribution in [0.2, 0.25) is 0 Å². The summed E-state index contributed by atoms with van der Waals surface area (Å²) in [5.74, 6) is -0.249. The Hall–Kier alpha value is -3.36. The second kappa shape index (κ2) is 8.88. The van der Waals surface area contributed by atoms with Gasteiger partial charge in [-0.3, -0.25) is 4.79 Å². The third-order valence-electron chi connectivity index (χ3n) is 4.94. The number of aryl methyl sites for hydroxylation is 1. The van der Waals surface area contributed by atoms with E-state index in [2.05, 4.69) is 15.3 Å². The van der Waals surface area contributed by atoms with Crippen LogP contribution in [0.5, 0.6) is 0 Å². The normalized spacial score (nSPS) is 13.1. The maximum Gasteiger partial charge on any atom is 0.416 e. The van der Waals surface area contributed by atoms with E-state index >= 15 is 0 Å². The number of H-pyrrole nitrogens is 1. The van der Waals surface area contributed by atoms with Crippen LogP contribution in [0.1, 0.15) is 67.5 Å². The molecule has 0 aliphatic carbocycles. The zero-order valence-electron chi connectivity index (χ0n) is 19.1. The molecule has 1 heterocycles. The molecule has 3 aromatic rings. The summed E-state index contributed by atoms with van der Waals surface area (Å²) in [6.45, 7) is 8.54. The Morgan fingerprint density at radius 2 is 1.79 bits per heavy atom. The van der Waals surface area contributed by atoms with Crippen LogP contribution < -0.4 is 10.9 Å². The summed E-state index contributed by atoms with van der Waals surface area (Å²) in [4.78, 5) is 31.1. The number of halogens is 3. The molecule has 0 bridgehead atoms. The van der Waals surface area contributed by atoms with E-state index in [1.165, 1.54) is 13.0 Å². The number of alkyl halides is 3. The van der Waals surface area contributed by atoms with E-state index in [0.29, 0.717) is 17.7 Å². The molecule has 0 saturated carbocycles. The molecule has 176 valence electrons. The number of carbonyl (C=O) groups excluding carboxylic acids is 1. The first kappa shape index (κ1) is 24.3. The van der Waals surface area contributed by atoms with Crippen molar-refractivity contribution in [2.45, 2.75) is 58.9 Å². The lowest BCUT2D eigenvalue weighted by Gasteiger charge is -2.24. The van der Waals surface area contributed by atoms with Crippen molar-refractivity contribution in [2.24, 2.45) is 0 Å². The summed E-state index contributed by atoms with van der Waals surface area (Å²) in [5, 5.41) is 3.17. The fourth-order valence-corrected chi connectivity index (χ4v) is 3.49. The minimum Gasteiger partial charge on any atom is -0.456 e. The lowest BCUT2D eigenvalue weighted by Crippen LogP contribution is -2.23. The number of anilines is 1. The van der Waals surface area contributed by atoms with Crippen LogP contribution in [0, 0.1) is 6.92 Å². The molecule has 6 nitrogen and oxygen atoms in total. The maximum atomic E-state index is 13.9. The summed E-state index contributed by atoms with van der Waals surface area (Å²) < 4.78 is 47.0. The highest BCUT2D eigenvalue weighted by Gasteiger charge is 2.36. The maximum absolute atomic E-state index is 13.9. The molecule has 0 amide bonds. The second-order valence-corrected chi connectivity index (χ2v) is 8.79. The number of fused-ring (bicyclic) bond motifs is 1. The van der Waals surface area contributed by atoms with Gasteiger partial charge in [-0.2, -0.15) is 13.2 Å². The van der Waals surface area contributed by atoms with Gasteiger partial charge in [0.05, 0.1) is 28.1 Å². The molecule has 0 radical (unpaired) electrons. The number of nitrogens with zero attached hydrogens (tertiary/aromatic N) is 1. The summed E-state index contributed by atoms with van der Waals surface area (Å²) in [7, 11) is 0. The van der Waals surface area contributed by atoms with Crippen molar-refractivity contribution < 1.29 is 22.7 Å². The molecule has 1 aromatic heterocycles. The molecule has 2 N–H and O–H groups in total. The predicted octanol–water partition coefficient (Wildman–Crippen LogP) is 5.77. The standard InChI is InChI=1S/C24H26F3N3O3/c1-6-19(30-15-9-7-14(8-10-15)22(32)33-23(3,4)5)16-11-17-20(12-18(16)24(25,26)27)28-13(2)29-21(17)31/h7-12,19,30H,6H2,1-5H3,(H,28,29,31). The highest BCUT2D eigenvalue weighted by Crippen LogP contribution is 2.38. The number of carbonyl (C=O) groups is 1. The summed E-state index contributed by atoms with van der Waals surface area (Å²) in [6.07, 6.45) is -4.31. The van der Waals surface area contributed by atoms with Crippen molar-refractivity contribution in [1.29, 1.82) is 0 Å². The molecule has 1 atom stereocenters. The van der Waals surface area contributed by atoms with Crippen molar-refractivity contribution >= 4 is 22.6 Å². The van der Waals surface area contributed by atoms with Crippen LogP contribution in [-0.2, 0) is 10.9 Å². The van der Waals surface area contributed by atoms with Gasteiger partial charge in [-0.05, 0) is 76.1 Å². The van der Waals surface area contributed by atoms with Crippen molar-refractivity contribution in [3.63, 3.8) is 0 Å². The fourth-order valence-electron chi connectivity index (χ4n) is 3.49. The number of nitrogens with one attached hydrogen (secondary N) is 2. The third-order valence-corrected chi connectivity index (χ3v) is 4.94. The first-order valence-electron chi connectivity index (χ1n) is 10.5. The Balaban J connectivity index is 1.98. The lowest BCUT2D eigenvalue weighted by atomic mass is 9.95. The molecule has 9 heteroatoms. The van der Waals surface area contributed by atoms with Crippen LogP contribution in [-0.4, -0.2) is 21.5 Å². The highest BCUT2D eigenvalue weighted by molar-refractivity contribution is 5.90. The number of ether oxygens (including phenoxy) is 1. The number of esters is 1. The zero-order valence-corrected chi connectivity index (χ0v) is 19.1. The van der Waals surface area contributed by atoms with E-state index < -0.39 is 34.9 Å². The average molecular weight is 461 g/mol. The van der Waals surface area contributed by atoms with Crippen molar-refractivity contribution in [1.82, 2.24) is 9.97 Å². The minimum atomic E-state index is -4.63. The average Bonchev–Trinajstić information content (AvgIpc) is 2.69. The van der Waals surface area contributed by atoms with Gasteiger partial charge in [0.2, 0.25) is 0 Å². The minimum absolute atomic E-state index is 0.0103. The summed E-state index contributed by atoms with van der Waals surface area (Å²) in [5.41, 5.74) is -1.19. The van der Waals surface area contributed by atoms with E-state index in [9.17, 15) is 22.8 Å². The van der Waals surface area contributed by atoms with Gasteiger partial charge in [0.1, 0.15) is 11.4 Å². The molecule has 33 heavy (non-hydrogen) atoms. The molecular weight excluding hydrogens is 435 g/mol. The van der Waals surface area contributed by atoms with E-state index in [1.807, 2.05) is 0 Å². The largest absolute Gasteiger partial charge is 0.456 e. The van der Waals surface area contributed by atoms with Crippen LogP contribution in [0.25, 0.3) is 10.9 Å². The SMILES string of the molecule is CCC(Nc1ccc(C(=O)OC(C)(C)C)cc1)c1cc2c(=O)[nH]c(C)nc2cc1C(F)(F)F. The van der Waals surface area contributed by atoms with Crippen LogP contribution in [0.4, 0.5) is 18.9 Å².